The summed E-state index contributed by atoms with van der Waals surface area (Å²) in [5.74, 6) is 0.569. The summed E-state index contributed by atoms with van der Waals surface area (Å²) in [6, 6.07) is 0. The van der Waals surface area contributed by atoms with E-state index in [-0.39, 0.29) is 6.09 Å². The summed E-state index contributed by atoms with van der Waals surface area (Å²) in [5.41, 5.74) is -0.416. The Morgan fingerprint density at radius 1 is 1.41 bits per heavy atom. The highest BCUT2D eigenvalue weighted by Gasteiger charge is 2.19. The van der Waals surface area contributed by atoms with Crippen LogP contribution in [0.25, 0.3) is 0 Å². The summed E-state index contributed by atoms with van der Waals surface area (Å²) in [6.07, 6.45) is 0.746. The topological polar surface area (TPSA) is 41.6 Å². The lowest BCUT2D eigenvalue weighted by Crippen LogP contribution is -2.35. The van der Waals surface area contributed by atoms with Gasteiger partial charge in [-0.15, -0.1) is 0 Å². The molecule has 0 aromatic carbocycles. The summed E-state index contributed by atoms with van der Waals surface area (Å²) in [7, 11) is 1.79. The van der Waals surface area contributed by atoms with Crippen molar-refractivity contribution in [2.24, 2.45) is 5.92 Å². The van der Waals surface area contributed by atoms with Crippen molar-refractivity contribution in [3.8, 4) is 0 Å². The van der Waals surface area contributed by atoms with Gasteiger partial charge in [-0.05, 0) is 46.2 Å². The predicted molar refractivity (Wildman–Crippen MR) is 71.2 cm³/mol. The first-order valence-electron chi connectivity index (χ1n) is 6.41. The molecule has 0 saturated heterocycles. The van der Waals surface area contributed by atoms with E-state index in [4.69, 9.17) is 4.74 Å². The molecule has 0 spiro atoms. The molecule has 102 valence electrons. The lowest BCUT2D eigenvalue weighted by Gasteiger charge is -2.25. The highest BCUT2D eigenvalue weighted by atomic mass is 16.6. The average Bonchev–Trinajstić information content (AvgIpc) is 2.20. The molecule has 0 heterocycles. The molecule has 0 radical (unpaired) electrons. The molecule has 1 N–H and O–H groups in total. The standard InChI is InChI=1S/C13H28N2O2/c1-7-14-10-11(2)8-9-15(6)12(16)17-13(3,4)5/h11,14H,7-10H2,1-6H3. The minimum Gasteiger partial charge on any atom is -0.444 e. The molecular formula is C13H28N2O2. The van der Waals surface area contributed by atoms with Crippen LogP contribution >= 0.6 is 0 Å². The number of amides is 1. The fourth-order valence-electron chi connectivity index (χ4n) is 1.34. The van der Waals surface area contributed by atoms with Crippen molar-refractivity contribution >= 4 is 6.09 Å². The van der Waals surface area contributed by atoms with Gasteiger partial charge < -0.3 is 15.0 Å². The van der Waals surface area contributed by atoms with Gasteiger partial charge in [-0.1, -0.05) is 13.8 Å². The van der Waals surface area contributed by atoms with Crippen molar-refractivity contribution < 1.29 is 9.53 Å². The second kappa shape index (κ2) is 7.54. The largest absolute Gasteiger partial charge is 0.444 e. The molecule has 17 heavy (non-hydrogen) atoms. The fraction of sp³-hybridized carbons (Fsp3) is 0.923. The van der Waals surface area contributed by atoms with Gasteiger partial charge in [0, 0.05) is 13.6 Å². The second-order valence-electron chi connectivity index (χ2n) is 5.60. The van der Waals surface area contributed by atoms with Crippen molar-refractivity contribution in [1.29, 1.82) is 0 Å². The lowest BCUT2D eigenvalue weighted by atomic mass is 10.1. The molecule has 0 aromatic heterocycles. The second-order valence-corrected chi connectivity index (χ2v) is 5.60. The number of nitrogens with one attached hydrogen (secondary N) is 1. The maximum absolute atomic E-state index is 11.7. The van der Waals surface area contributed by atoms with Crippen LogP contribution in [0.15, 0.2) is 0 Å². The van der Waals surface area contributed by atoms with Crippen molar-refractivity contribution in [2.75, 3.05) is 26.7 Å². The van der Waals surface area contributed by atoms with Gasteiger partial charge in [0.05, 0.1) is 0 Å². The Labute approximate surface area is 106 Å². The Kier molecular flexibility index (Phi) is 7.19. The zero-order chi connectivity index (χ0) is 13.5. The van der Waals surface area contributed by atoms with Crippen molar-refractivity contribution in [2.45, 2.75) is 46.6 Å². The molecular weight excluding hydrogens is 216 g/mol. The van der Waals surface area contributed by atoms with Gasteiger partial charge in [0.1, 0.15) is 5.60 Å². The summed E-state index contributed by atoms with van der Waals surface area (Å²) >= 11 is 0. The van der Waals surface area contributed by atoms with Crippen molar-refractivity contribution in [1.82, 2.24) is 10.2 Å². The number of carbonyl (C=O) groups is 1. The Morgan fingerprint density at radius 3 is 2.47 bits per heavy atom. The van der Waals surface area contributed by atoms with E-state index < -0.39 is 5.60 Å². The number of hydrogen-bond donors (Lipinski definition) is 1. The Hall–Kier alpha value is -0.770. The van der Waals surface area contributed by atoms with Crippen LogP contribution in [0.4, 0.5) is 4.79 Å². The van der Waals surface area contributed by atoms with Gasteiger partial charge in [0.2, 0.25) is 0 Å². The molecule has 0 aliphatic heterocycles. The molecule has 0 aliphatic carbocycles. The SMILES string of the molecule is CCNCC(C)CCN(C)C(=O)OC(C)(C)C. The number of hydrogen-bond acceptors (Lipinski definition) is 3. The molecule has 0 aliphatic rings. The maximum Gasteiger partial charge on any atom is 0.410 e. The number of ether oxygens (including phenoxy) is 1. The molecule has 1 amide bonds. The van der Waals surface area contributed by atoms with E-state index >= 15 is 0 Å². The third-order valence-corrected chi connectivity index (χ3v) is 2.41. The van der Waals surface area contributed by atoms with Crippen LogP contribution in [0.1, 0.15) is 41.0 Å². The molecule has 1 atom stereocenters. The first-order chi connectivity index (χ1) is 7.76. The van der Waals surface area contributed by atoms with Crippen LogP contribution in [0.5, 0.6) is 0 Å². The summed E-state index contributed by atoms with van der Waals surface area (Å²) in [5, 5.41) is 3.30. The predicted octanol–water partition coefficient (Wildman–Crippen LogP) is 2.49. The molecule has 1 unspecified atom stereocenters. The Bertz CT molecular complexity index is 224. The first-order valence-corrected chi connectivity index (χ1v) is 6.41. The normalized spacial score (nSPS) is 13.3. The monoisotopic (exact) mass is 244 g/mol. The highest BCUT2D eigenvalue weighted by molar-refractivity contribution is 5.67. The molecule has 0 fully saturated rings. The number of carbonyl (C=O) groups excluding carboxylic acids is 1. The van der Waals surface area contributed by atoms with E-state index in [9.17, 15) is 4.79 Å². The molecule has 0 rings (SSSR count). The first kappa shape index (κ1) is 16.2. The zero-order valence-corrected chi connectivity index (χ0v) is 12.2. The Balaban J connectivity index is 3.85. The van der Waals surface area contributed by atoms with E-state index in [1.807, 2.05) is 20.8 Å². The van der Waals surface area contributed by atoms with Crippen LogP contribution in [0.3, 0.4) is 0 Å². The third-order valence-electron chi connectivity index (χ3n) is 2.41. The van der Waals surface area contributed by atoms with Gasteiger partial charge in [0.15, 0.2) is 0 Å². The fourth-order valence-corrected chi connectivity index (χ4v) is 1.34. The van der Waals surface area contributed by atoms with Crippen LogP contribution in [-0.4, -0.2) is 43.3 Å². The van der Waals surface area contributed by atoms with Gasteiger partial charge in [-0.25, -0.2) is 4.79 Å². The van der Waals surface area contributed by atoms with E-state index in [1.165, 1.54) is 0 Å². The van der Waals surface area contributed by atoms with Crippen LogP contribution in [0, 0.1) is 5.92 Å². The van der Waals surface area contributed by atoms with Crippen LogP contribution in [0.2, 0.25) is 0 Å². The zero-order valence-electron chi connectivity index (χ0n) is 12.2. The number of rotatable bonds is 6. The summed E-state index contributed by atoms with van der Waals surface area (Å²) < 4.78 is 5.28. The maximum atomic E-state index is 11.7. The van der Waals surface area contributed by atoms with Gasteiger partial charge in [-0.3, -0.25) is 0 Å². The van der Waals surface area contributed by atoms with Crippen LogP contribution < -0.4 is 5.32 Å². The molecule has 4 nitrogen and oxygen atoms in total. The minimum absolute atomic E-state index is 0.242. The van der Waals surface area contributed by atoms with Crippen LogP contribution in [-0.2, 0) is 4.74 Å². The molecule has 0 bridgehead atoms. The summed E-state index contributed by atoms with van der Waals surface area (Å²) in [4.78, 5) is 13.3. The number of nitrogens with zero attached hydrogens (tertiary/aromatic N) is 1. The van der Waals surface area contributed by atoms with E-state index in [1.54, 1.807) is 11.9 Å². The van der Waals surface area contributed by atoms with Gasteiger partial charge >= 0.3 is 6.09 Å². The minimum atomic E-state index is -0.416. The Morgan fingerprint density at radius 2 is 2.00 bits per heavy atom. The van der Waals surface area contributed by atoms with Gasteiger partial charge in [-0.2, -0.15) is 0 Å². The van der Waals surface area contributed by atoms with E-state index in [0.717, 1.165) is 26.1 Å². The lowest BCUT2D eigenvalue weighted by molar-refractivity contribution is 0.0291. The van der Waals surface area contributed by atoms with E-state index in [0.29, 0.717) is 5.92 Å². The third kappa shape index (κ3) is 8.98. The van der Waals surface area contributed by atoms with E-state index in [2.05, 4.69) is 19.2 Å². The van der Waals surface area contributed by atoms with Crippen molar-refractivity contribution in [3.05, 3.63) is 0 Å². The van der Waals surface area contributed by atoms with Crippen molar-refractivity contribution in [3.63, 3.8) is 0 Å². The molecule has 4 heteroatoms. The molecule has 0 aromatic rings. The average molecular weight is 244 g/mol. The summed E-state index contributed by atoms with van der Waals surface area (Å²) in [6.45, 7) is 12.7. The smallest absolute Gasteiger partial charge is 0.410 e. The molecule has 0 saturated carbocycles. The van der Waals surface area contributed by atoms with Gasteiger partial charge in [0.25, 0.3) is 0 Å². The highest BCUT2D eigenvalue weighted by Crippen LogP contribution is 2.10. The quantitative estimate of drug-likeness (QED) is 0.780.